The van der Waals surface area contributed by atoms with Gasteiger partial charge in [-0.15, -0.1) is 0 Å². The largest absolute Gasteiger partial charge is 0.362 e. The Hall–Kier alpha value is -1.81. The molecule has 0 spiro atoms. The van der Waals surface area contributed by atoms with Crippen LogP contribution in [0.3, 0.4) is 0 Å². The van der Waals surface area contributed by atoms with E-state index in [0.717, 1.165) is 18.7 Å². The van der Waals surface area contributed by atoms with E-state index in [1.54, 1.807) is 13.2 Å². The number of aryl methyl sites for hydroxylation is 1. The second-order valence-corrected chi connectivity index (χ2v) is 5.47. The van der Waals surface area contributed by atoms with E-state index in [0.29, 0.717) is 0 Å². The Labute approximate surface area is 122 Å². The molecule has 1 atom stereocenters. The normalized spacial score (nSPS) is 17.9. The van der Waals surface area contributed by atoms with E-state index in [9.17, 15) is 4.79 Å². The van der Waals surface area contributed by atoms with Crippen molar-refractivity contribution >= 4 is 17.3 Å². The molecule has 20 heavy (non-hydrogen) atoms. The first-order valence-electron chi connectivity index (χ1n) is 6.66. The fourth-order valence-electron chi connectivity index (χ4n) is 2.80. The van der Waals surface area contributed by atoms with E-state index in [1.807, 2.05) is 6.07 Å². The summed E-state index contributed by atoms with van der Waals surface area (Å²) in [6, 6.07) is 8.59. The molecule has 1 aliphatic rings. The molecule has 0 aliphatic carbocycles. The zero-order chi connectivity index (χ0) is 14.3. The monoisotopic (exact) mass is 289 g/mol. The van der Waals surface area contributed by atoms with Crippen LogP contribution in [-0.4, -0.2) is 16.3 Å². The van der Waals surface area contributed by atoms with Gasteiger partial charge in [0, 0.05) is 13.6 Å². The Bertz CT molecular complexity index is 711. The quantitative estimate of drug-likeness (QED) is 0.810. The number of hydrogen-bond acceptors (Lipinski definition) is 3. The number of aromatic nitrogens is 2. The molecule has 2 aromatic rings. The molecule has 0 saturated heterocycles. The van der Waals surface area contributed by atoms with Gasteiger partial charge in [-0.1, -0.05) is 35.9 Å². The highest BCUT2D eigenvalue weighted by Crippen LogP contribution is 2.35. The van der Waals surface area contributed by atoms with Gasteiger partial charge in [0.2, 0.25) is 0 Å². The molecule has 104 valence electrons. The van der Waals surface area contributed by atoms with Gasteiger partial charge in [-0.2, -0.15) is 5.10 Å². The molecule has 1 aromatic carbocycles. The number of halogens is 1. The van der Waals surface area contributed by atoms with Crippen molar-refractivity contribution in [2.24, 2.45) is 7.05 Å². The average Bonchev–Trinajstić information content (AvgIpc) is 2.47. The van der Waals surface area contributed by atoms with Gasteiger partial charge in [-0.3, -0.25) is 4.79 Å². The maximum Gasteiger partial charge on any atom is 0.287 e. The minimum absolute atomic E-state index is 0.186. The summed E-state index contributed by atoms with van der Waals surface area (Å²) >= 11 is 6.21. The van der Waals surface area contributed by atoms with Crippen LogP contribution in [0.4, 0.5) is 5.69 Å². The van der Waals surface area contributed by atoms with Crippen molar-refractivity contribution in [2.45, 2.75) is 19.4 Å². The third-order valence-corrected chi connectivity index (χ3v) is 4.32. The molecule has 0 fully saturated rings. The Kier molecular flexibility index (Phi) is 3.26. The first kappa shape index (κ1) is 13.2. The van der Waals surface area contributed by atoms with Gasteiger partial charge in [0.25, 0.3) is 5.56 Å². The first-order valence-corrected chi connectivity index (χ1v) is 7.03. The topological polar surface area (TPSA) is 38.1 Å². The minimum atomic E-state index is -0.254. The summed E-state index contributed by atoms with van der Waals surface area (Å²) in [5.74, 6) is 0. The predicted octanol–water partition coefficient (Wildman–Crippen LogP) is 2.56. The van der Waals surface area contributed by atoms with Crippen molar-refractivity contribution in [1.82, 2.24) is 9.78 Å². The number of nitrogens with zero attached hydrogens (tertiary/aromatic N) is 3. The molecule has 5 heteroatoms. The summed E-state index contributed by atoms with van der Waals surface area (Å²) in [4.78, 5) is 14.1. The summed E-state index contributed by atoms with van der Waals surface area (Å²) in [6.07, 6.45) is 2.63. The van der Waals surface area contributed by atoms with Crippen LogP contribution in [0.25, 0.3) is 0 Å². The summed E-state index contributed by atoms with van der Waals surface area (Å²) in [7, 11) is 1.60. The SMILES string of the molecule is CC1c2ccccc2CCN1c1cnn(C)c(=O)c1Cl. The van der Waals surface area contributed by atoms with E-state index in [-0.39, 0.29) is 16.6 Å². The molecule has 1 aromatic heterocycles. The average molecular weight is 290 g/mol. The molecule has 2 heterocycles. The lowest BCUT2D eigenvalue weighted by Gasteiger charge is -2.37. The standard InChI is InChI=1S/C15H16ClN3O/c1-10-12-6-4-3-5-11(12)7-8-19(10)13-9-17-18(2)15(20)14(13)16/h3-6,9-10H,7-8H2,1-2H3. The summed E-state index contributed by atoms with van der Waals surface area (Å²) in [5, 5.41) is 4.33. The number of anilines is 1. The van der Waals surface area contributed by atoms with E-state index >= 15 is 0 Å². The maximum absolute atomic E-state index is 11.9. The van der Waals surface area contributed by atoms with Gasteiger partial charge in [0.15, 0.2) is 0 Å². The summed E-state index contributed by atoms with van der Waals surface area (Å²) in [5.41, 5.74) is 3.12. The van der Waals surface area contributed by atoms with Crippen molar-refractivity contribution < 1.29 is 0 Å². The van der Waals surface area contributed by atoms with E-state index < -0.39 is 0 Å². The molecule has 0 amide bonds. The zero-order valence-corrected chi connectivity index (χ0v) is 12.3. The highest BCUT2D eigenvalue weighted by Gasteiger charge is 2.26. The van der Waals surface area contributed by atoms with Crippen LogP contribution in [0.1, 0.15) is 24.1 Å². The van der Waals surface area contributed by atoms with Gasteiger partial charge < -0.3 is 4.90 Å². The lowest BCUT2D eigenvalue weighted by molar-refractivity contribution is 0.615. The number of rotatable bonds is 1. The zero-order valence-electron chi connectivity index (χ0n) is 11.5. The molecule has 3 rings (SSSR count). The molecule has 1 unspecified atom stereocenters. The van der Waals surface area contributed by atoms with Gasteiger partial charge in [-0.25, -0.2) is 4.68 Å². The lowest BCUT2D eigenvalue weighted by Crippen LogP contribution is -2.35. The van der Waals surface area contributed by atoms with Crippen LogP contribution in [-0.2, 0) is 13.5 Å². The van der Waals surface area contributed by atoms with Gasteiger partial charge >= 0.3 is 0 Å². The fraction of sp³-hybridized carbons (Fsp3) is 0.333. The Morgan fingerprint density at radius 2 is 2.10 bits per heavy atom. The van der Waals surface area contributed by atoms with Crippen molar-refractivity contribution in [3.8, 4) is 0 Å². The molecular weight excluding hydrogens is 274 g/mol. The van der Waals surface area contributed by atoms with Gasteiger partial charge in [-0.05, 0) is 24.5 Å². The first-order chi connectivity index (χ1) is 9.59. The van der Waals surface area contributed by atoms with E-state index in [4.69, 9.17) is 11.6 Å². The van der Waals surface area contributed by atoms with Crippen LogP contribution in [0.5, 0.6) is 0 Å². The van der Waals surface area contributed by atoms with E-state index in [2.05, 4.69) is 35.1 Å². The molecule has 1 aliphatic heterocycles. The smallest absolute Gasteiger partial charge is 0.287 e. The Morgan fingerprint density at radius 1 is 1.35 bits per heavy atom. The van der Waals surface area contributed by atoms with Crippen LogP contribution < -0.4 is 10.5 Å². The lowest BCUT2D eigenvalue weighted by atomic mass is 9.93. The van der Waals surface area contributed by atoms with Gasteiger partial charge in [0.1, 0.15) is 5.02 Å². The second kappa shape index (κ2) is 4.94. The minimum Gasteiger partial charge on any atom is -0.362 e. The van der Waals surface area contributed by atoms with Crippen molar-refractivity contribution in [1.29, 1.82) is 0 Å². The highest BCUT2D eigenvalue weighted by molar-refractivity contribution is 6.33. The van der Waals surface area contributed by atoms with Gasteiger partial charge in [0.05, 0.1) is 17.9 Å². The highest BCUT2D eigenvalue weighted by atomic mass is 35.5. The number of fused-ring (bicyclic) bond motifs is 1. The van der Waals surface area contributed by atoms with Crippen LogP contribution in [0.15, 0.2) is 35.3 Å². The molecule has 0 saturated carbocycles. The summed E-state index contributed by atoms with van der Waals surface area (Å²) < 4.78 is 1.26. The third-order valence-electron chi connectivity index (χ3n) is 3.96. The maximum atomic E-state index is 11.9. The third kappa shape index (κ3) is 2.00. The van der Waals surface area contributed by atoms with E-state index in [1.165, 1.54) is 15.8 Å². The Balaban J connectivity index is 2.05. The molecular formula is C15H16ClN3O. The van der Waals surface area contributed by atoms with Crippen molar-refractivity contribution in [3.63, 3.8) is 0 Å². The predicted molar refractivity (Wildman–Crippen MR) is 80.4 cm³/mol. The fourth-order valence-corrected chi connectivity index (χ4v) is 3.08. The van der Waals surface area contributed by atoms with Crippen LogP contribution in [0, 0.1) is 0 Å². The molecule has 0 radical (unpaired) electrons. The second-order valence-electron chi connectivity index (χ2n) is 5.09. The van der Waals surface area contributed by atoms with Crippen LogP contribution in [0.2, 0.25) is 5.02 Å². The molecule has 0 bridgehead atoms. The number of hydrogen-bond donors (Lipinski definition) is 0. The molecule has 0 N–H and O–H groups in total. The van der Waals surface area contributed by atoms with Crippen molar-refractivity contribution in [3.05, 3.63) is 57.0 Å². The Morgan fingerprint density at radius 3 is 2.90 bits per heavy atom. The van der Waals surface area contributed by atoms with Crippen LogP contribution >= 0.6 is 11.6 Å². The van der Waals surface area contributed by atoms with Crippen molar-refractivity contribution in [2.75, 3.05) is 11.4 Å². The molecule has 4 nitrogen and oxygen atoms in total. The summed E-state index contributed by atoms with van der Waals surface area (Å²) in [6.45, 7) is 2.97. The number of benzene rings is 1.